The topological polar surface area (TPSA) is 90.6 Å². The highest BCUT2D eigenvalue weighted by molar-refractivity contribution is 5.76. The summed E-state index contributed by atoms with van der Waals surface area (Å²) in [5.74, 6) is -0.0442. The van der Waals surface area contributed by atoms with Crippen LogP contribution < -0.4 is 11.1 Å². The number of amides is 1. The molecule has 1 rings (SSSR count). The normalized spacial score (nSPS) is 23.8. The van der Waals surface area contributed by atoms with Gasteiger partial charge in [0.2, 0.25) is 0 Å². The van der Waals surface area contributed by atoms with Gasteiger partial charge in [0.25, 0.3) is 0 Å². The average Bonchev–Trinajstić information content (AvgIpc) is 2.44. The summed E-state index contributed by atoms with van der Waals surface area (Å²) in [4.78, 5) is 23.6. The molecule has 1 saturated carbocycles. The molecule has 0 radical (unpaired) electrons. The van der Waals surface area contributed by atoms with Gasteiger partial charge in [-0.1, -0.05) is 13.8 Å². The molecule has 1 aliphatic rings. The summed E-state index contributed by atoms with van der Waals surface area (Å²) in [6.07, 6.45) is 3.19. The SMILES string of the molecule is COC(=O)C(N)C(C)(C)C1CCC(NC(=O)OC(C)(C)C)CC1. The second kappa shape index (κ2) is 7.51. The number of esters is 1. The Morgan fingerprint density at radius 2 is 1.61 bits per heavy atom. The second-order valence-electron chi connectivity index (χ2n) is 8.02. The Hall–Kier alpha value is -1.30. The number of nitrogens with one attached hydrogen (secondary N) is 1. The second-order valence-corrected chi connectivity index (χ2v) is 8.02. The fourth-order valence-corrected chi connectivity index (χ4v) is 3.14. The van der Waals surface area contributed by atoms with Crippen LogP contribution in [-0.2, 0) is 14.3 Å². The lowest BCUT2D eigenvalue weighted by atomic mass is 9.66. The van der Waals surface area contributed by atoms with E-state index in [9.17, 15) is 9.59 Å². The molecule has 1 aliphatic carbocycles. The summed E-state index contributed by atoms with van der Waals surface area (Å²) < 4.78 is 10.1. The molecule has 0 aromatic rings. The van der Waals surface area contributed by atoms with E-state index < -0.39 is 11.6 Å². The molecule has 134 valence electrons. The number of carbonyl (C=O) groups excluding carboxylic acids is 2. The lowest BCUT2D eigenvalue weighted by Crippen LogP contribution is -2.50. The van der Waals surface area contributed by atoms with E-state index >= 15 is 0 Å². The van der Waals surface area contributed by atoms with E-state index in [4.69, 9.17) is 15.2 Å². The third kappa shape index (κ3) is 5.68. The van der Waals surface area contributed by atoms with Crippen molar-refractivity contribution < 1.29 is 19.1 Å². The third-order valence-electron chi connectivity index (χ3n) is 4.76. The van der Waals surface area contributed by atoms with Gasteiger partial charge in [0.1, 0.15) is 11.6 Å². The van der Waals surface area contributed by atoms with Crippen LogP contribution in [-0.4, -0.2) is 36.9 Å². The van der Waals surface area contributed by atoms with E-state index in [0.29, 0.717) is 5.92 Å². The molecule has 6 nitrogen and oxygen atoms in total. The van der Waals surface area contributed by atoms with Crippen molar-refractivity contribution in [2.45, 2.75) is 78.0 Å². The van der Waals surface area contributed by atoms with E-state index in [1.54, 1.807) is 0 Å². The summed E-state index contributed by atoms with van der Waals surface area (Å²) in [5, 5.41) is 2.93. The minimum atomic E-state index is -0.632. The van der Waals surface area contributed by atoms with Crippen molar-refractivity contribution in [3.8, 4) is 0 Å². The molecule has 0 spiro atoms. The Morgan fingerprint density at radius 3 is 2.04 bits per heavy atom. The van der Waals surface area contributed by atoms with E-state index in [1.165, 1.54) is 7.11 Å². The molecule has 0 heterocycles. The molecule has 6 heteroatoms. The lowest BCUT2D eigenvalue weighted by molar-refractivity contribution is -0.146. The van der Waals surface area contributed by atoms with Crippen LogP contribution in [0.4, 0.5) is 4.79 Å². The Bertz CT molecular complexity index is 421. The Balaban J connectivity index is 2.52. The fourth-order valence-electron chi connectivity index (χ4n) is 3.14. The van der Waals surface area contributed by atoms with E-state index in [-0.39, 0.29) is 23.5 Å². The standard InChI is InChI=1S/C17H32N2O4/c1-16(2,3)23-15(21)19-12-9-7-11(8-10-12)17(4,5)13(18)14(20)22-6/h11-13H,7-10,18H2,1-6H3,(H,19,21). The largest absolute Gasteiger partial charge is 0.468 e. The quantitative estimate of drug-likeness (QED) is 0.774. The predicted octanol–water partition coefficient (Wildman–Crippen LogP) is 2.60. The summed E-state index contributed by atoms with van der Waals surface area (Å²) in [7, 11) is 1.36. The summed E-state index contributed by atoms with van der Waals surface area (Å²) in [6, 6.07) is -0.515. The molecule has 1 amide bonds. The molecule has 1 fully saturated rings. The monoisotopic (exact) mass is 328 g/mol. The van der Waals surface area contributed by atoms with E-state index in [1.807, 2.05) is 34.6 Å². The van der Waals surface area contributed by atoms with Crippen molar-refractivity contribution in [1.82, 2.24) is 5.32 Å². The number of nitrogens with two attached hydrogens (primary N) is 1. The van der Waals surface area contributed by atoms with Gasteiger partial charge in [0.05, 0.1) is 7.11 Å². The van der Waals surface area contributed by atoms with Gasteiger partial charge in [-0.05, 0) is 57.8 Å². The molecule has 0 aromatic carbocycles. The minimum Gasteiger partial charge on any atom is -0.468 e. The van der Waals surface area contributed by atoms with Crippen molar-refractivity contribution in [2.75, 3.05) is 7.11 Å². The van der Waals surface area contributed by atoms with E-state index in [2.05, 4.69) is 5.32 Å². The molecule has 0 saturated heterocycles. The van der Waals surface area contributed by atoms with Gasteiger partial charge in [-0.3, -0.25) is 4.79 Å². The molecule has 0 aromatic heterocycles. The Kier molecular flexibility index (Phi) is 6.45. The molecule has 3 N–H and O–H groups in total. The van der Waals surface area contributed by atoms with Crippen LogP contribution in [0.25, 0.3) is 0 Å². The van der Waals surface area contributed by atoms with Gasteiger partial charge in [-0.15, -0.1) is 0 Å². The van der Waals surface area contributed by atoms with Crippen molar-refractivity contribution in [3.05, 3.63) is 0 Å². The maximum atomic E-state index is 11.8. The number of methoxy groups -OCH3 is 1. The van der Waals surface area contributed by atoms with Gasteiger partial charge < -0.3 is 20.5 Å². The number of carbonyl (C=O) groups is 2. The van der Waals surface area contributed by atoms with Crippen LogP contribution in [0.15, 0.2) is 0 Å². The summed E-state index contributed by atoms with van der Waals surface area (Å²) in [6.45, 7) is 9.57. The Labute approximate surface area is 139 Å². The summed E-state index contributed by atoms with van der Waals surface area (Å²) in [5.41, 5.74) is 5.24. The van der Waals surface area contributed by atoms with Crippen molar-refractivity contribution in [2.24, 2.45) is 17.1 Å². The third-order valence-corrected chi connectivity index (χ3v) is 4.76. The maximum Gasteiger partial charge on any atom is 0.407 e. The van der Waals surface area contributed by atoms with Crippen LogP contribution in [0, 0.1) is 11.3 Å². The fraction of sp³-hybridized carbons (Fsp3) is 0.882. The first-order valence-corrected chi connectivity index (χ1v) is 8.30. The van der Waals surface area contributed by atoms with Crippen LogP contribution >= 0.6 is 0 Å². The zero-order chi connectivity index (χ0) is 17.8. The first-order chi connectivity index (χ1) is 10.5. The highest BCUT2D eigenvalue weighted by Crippen LogP contribution is 2.40. The number of ether oxygens (including phenoxy) is 2. The van der Waals surface area contributed by atoms with Crippen LogP contribution in [0.5, 0.6) is 0 Å². The predicted molar refractivity (Wildman–Crippen MR) is 88.9 cm³/mol. The molecule has 1 atom stereocenters. The lowest BCUT2D eigenvalue weighted by Gasteiger charge is -2.41. The minimum absolute atomic E-state index is 0.117. The van der Waals surface area contributed by atoms with Gasteiger partial charge in [0, 0.05) is 6.04 Å². The van der Waals surface area contributed by atoms with E-state index in [0.717, 1.165) is 25.7 Å². The van der Waals surface area contributed by atoms with Gasteiger partial charge in [-0.25, -0.2) is 4.79 Å². The average molecular weight is 328 g/mol. The molecule has 1 unspecified atom stereocenters. The number of rotatable bonds is 4. The molecule has 23 heavy (non-hydrogen) atoms. The smallest absolute Gasteiger partial charge is 0.407 e. The van der Waals surface area contributed by atoms with Crippen LogP contribution in [0.1, 0.15) is 60.3 Å². The molecule has 0 bridgehead atoms. The zero-order valence-corrected chi connectivity index (χ0v) is 15.3. The van der Waals surface area contributed by atoms with Crippen molar-refractivity contribution in [3.63, 3.8) is 0 Å². The van der Waals surface area contributed by atoms with Gasteiger partial charge in [-0.2, -0.15) is 0 Å². The maximum absolute atomic E-state index is 11.8. The number of hydrogen-bond donors (Lipinski definition) is 2. The first kappa shape index (κ1) is 19.7. The van der Waals surface area contributed by atoms with Crippen molar-refractivity contribution in [1.29, 1.82) is 0 Å². The van der Waals surface area contributed by atoms with Gasteiger partial charge >= 0.3 is 12.1 Å². The Morgan fingerprint density at radius 1 is 1.09 bits per heavy atom. The highest BCUT2D eigenvalue weighted by Gasteiger charge is 2.41. The van der Waals surface area contributed by atoms with Gasteiger partial charge in [0.15, 0.2) is 0 Å². The molecular formula is C17H32N2O4. The van der Waals surface area contributed by atoms with Crippen LogP contribution in [0.3, 0.4) is 0 Å². The van der Waals surface area contributed by atoms with Crippen molar-refractivity contribution >= 4 is 12.1 Å². The molecular weight excluding hydrogens is 296 g/mol. The zero-order valence-electron chi connectivity index (χ0n) is 15.3. The van der Waals surface area contributed by atoms with Crippen LogP contribution in [0.2, 0.25) is 0 Å². The number of alkyl carbamates (subject to hydrolysis) is 1. The number of hydrogen-bond acceptors (Lipinski definition) is 5. The summed E-state index contributed by atoms with van der Waals surface area (Å²) >= 11 is 0. The molecule has 0 aliphatic heterocycles. The highest BCUT2D eigenvalue weighted by atomic mass is 16.6. The first-order valence-electron chi connectivity index (χ1n) is 8.30.